The fourth-order valence-corrected chi connectivity index (χ4v) is 2.62. The quantitative estimate of drug-likeness (QED) is 0.813. The molecule has 0 radical (unpaired) electrons. The van der Waals surface area contributed by atoms with Crippen molar-refractivity contribution in [1.29, 1.82) is 0 Å². The number of nitrogens with zero attached hydrogens (tertiary/aromatic N) is 1. The highest BCUT2D eigenvalue weighted by molar-refractivity contribution is 7.99. The van der Waals surface area contributed by atoms with Crippen molar-refractivity contribution < 1.29 is 14.7 Å². The standard InChI is InChI=1S/C13H24N2O3S/c1-10(19-3)6-8-14-12(18)15-9-5-4-7-13(15,2)11(16)17/h10H,4-9H2,1-3H3,(H,14,18)(H,16,17). The van der Waals surface area contributed by atoms with Gasteiger partial charge in [0.05, 0.1) is 0 Å². The smallest absolute Gasteiger partial charge is 0.329 e. The maximum Gasteiger partial charge on any atom is 0.329 e. The average molecular weight is 288 g/mol. The van der Waals surface area contributed by atoms with Crippen molar-refractivity contribution in [3.05, 3.63) is 0 Å². The zero-order chi connectivity index (χ0) is 14.5. The van der Waals surface area contributed by atoms with Crippen LogP contribution in [0.4, 0.5) is 4.79 Å². The molecule has 1 rings (SSSR count). The average Bonchev–Trinajstić information content (AvgIpc) is 2.38. The van der Waals surface area contributed by atoms with Crippen molar-refractivity contribution in [2.45, 2.75) is 50.3 Å². The summed E-state index contributed by atoms with van der Waals surface area (Å²) in [6.45, 7) is 4.86. The number of urea groups is 1. The Hall–Kier alpha value is -0.910. The lowest BCUT2D eigenvalue weighted by atomic mass is 9.89. The fraction of sp³-hybridized carbons (Fsp3) is 0.846. The number of piperidine rings is 1. The van der Waals surface area contributed by atoms with Gasteiger partial charge in [0.2, 0.25) is 0 Å². The van der Waals surface area contributed by atoms with Crippen LogP contribution in [0, 0.1) is 0 Å². The van der Waals surface area contributed by atoms with Crippen LogP contribution in [0.2, 0.25) is 0 Å². The van der Waals surface area contributed by atoms with E-state index >= 15 is 0 Å². The van der Waals surface area contributed by atoms with Crippen molar-refractivity contribution >= 4 is 23.8 Å². The van der Waals surface area contributed by atoms with Gasteiger partial charge in [0.1, 0.15) is 5.54 Å². The number of carboxylic acids is 1. The zero-order valence-electron chi connectivity index (χ0n) is 11.9. The van der Waals surface area contributed by atoms with E-state index in [1.54, 1.807) is 18.7 Å². The third-order valence-electron chi connectivity index (χ3n) is 3.83. The van der Waals surface area contributed by atoms with Gasteiger partial charge in [-0.3, -0.25) is 0 Å². The number of carboxylic acid groups (broad SMARTS) is 1. The molecule has 1 saturated heterocycles. The van der Waals surface area contributed by atoms with E-state index in [0.29, 0.717) is 24.8 Å². The van der Waals surface area contributed by atoms with Crippen LogP contribution >= 0.6 is 11.8 Å². The van der Waals surface area contributed by atoms with Crippen LogP contribution in [0.5, 0.6) is 0 Å². The first-order valence-corrected chi connectivity index (χ1v) is 8.02. The topological polar surface area (TPSA) is 69.6 Å². The van der Waals surface area contributed by atoms with Crippen LogP contribution < -0.4 is 5.32 Å². The van der Waals surface area contributed by atoms with Gasteiger partial charge in [-0.15, -0.1) is 0 Å². The Balaban J connectivity index is 2.56. The molecule has 0 saturated carbocycles. The Morgan fingerprint density at radius 3 is 2.74 bits per heavy atom. The molecule has 19 heavy (non-hydrogen) atoms. The summed E-state index contributed by atoms with van der Waals surface area (Å²) in [6, 6.07) is -0.252. The lowest BCUT2D eigenvalue weighted by Crippen LogP contribution is -2.60. The molecule has 1 aliphatic heterocycles. The Bertz CT molecular complexity index is 338. The molecule has 0 spiro atoms. The highest BCUT2D eigenvalue weighted by atomic mass is 32.2. The normalized spacial score (nSPS) is 24.9. The molecule has 5 nitrogen and oxygen atoms in total. The third kappa shape index (κ3) is 4.03. The van der Waals surface area contributed by atoms with E-state index in [-0.39, 0.29) is 6.03 Å². The van der Waals surface area contributed by atoms with Gasteiger partial charge < -0.3 is 15.3 Å². The number of carbonyl (C=O) groups excluding carboxylic acids is 1. The van der Waals surface area contributed by atoms with Crippen LogP contribution in [0.3, 0.4) is 0 Å². The number of amides is 2. The Kier molecular flexibility index (Phi) is 5.97. The minimum Gasteiger partial charge on any atom is -0.480 e. The number of hydrogen-bond donors (Lipinski definition) is 2. The van der Waals surface area contributed by atoms with Crippen molar-refractivity contribution in [1.82, 2.24) is 10.2 Å². The minimum absolute atomic E-state index is 0.252. The number of nitrogens with one attached hydrogen (secondary N) is 1. The molecule has 1 aliphatic rings. The molecule has 1 fully saturated rings. The lowest BCUT2D eigenvalue weighted by molar-refractivity contribution is -0.150. The predicted octanol–water partition coefficient (Wildman–Crippen LogP) is 2.17. The first-order valence-electron chi connectivity index (χ1n) is 6.73. The molecule has 0 aromatic rings. The van der Waals surface area contributed by atoms with Gasteiger partial charge in [0, 0.05) is 18.3 Å². The van der Waals surface area contributed by atoms with Gasteiger partial charge >= 0.3 is 12.0 Å². The first-order chi connectivity index (χ1) is 8.91. The molecule has 6 heteroatoms. The lowest BCUT2D eigenvalue weighted by Gasteiger charge is -2.41. The van der Waals surface area contributed by atoms with Crippen molar-refractivity contribution in [2.75, 3.05) is 19.3 Å². The molecule has 0 aliphatic carbocycles. The molecule has 2 amide bonds. The van der Waals surface area contributed by atoms with Crippen LogP contribution in [-0.2, 0) is 4.79 Å². The van der Waals surface area contributed by atoms with Gasteiger partial charge in [0.25, 0.3) is 0 Å². The maximum absolute atomic E-state index is 12.1. The van der Waals surface area contributed by atoms with Crippen LogP contribution in [0.1, 0.15) is 39.5 Å². The summed E-state index contributed by atoms with van der Waals surface area (Å²) < 4.78 is 0. The SMILES string of the molecule is CSC(C)CCNC(=O)N1CCCCC1(C)C(=O)O. The molecule has 0 bridgehead atoms. The van der Waals surface area contributed by atoms with E-state index in [0.717, 1.165) is 19.3 Å². The number of aliphatic carboxylic acids is 1. The van der Waals surface area contributed by atoms with Crippen LogP contribution in [0.15, 0.2) is 0 Å². The van der Waals surface area contributed by atoms with E-state index in [1.165, 1.54) is 4.90 Å². The van der Waals surface area contributed by atoms with E-state index in [1.807, 2.05) is 6.26 Å². The molecule has 2 N–H and O–H groups in total. The Morgan fingerprint density at radius 2 is 2.16 bits per heavy atom. The number of likely N-dealkylation sites (tertiary alicyclic amines) is 1. The van der Waals surface area contributed by atoms with Gasteiger partial charge in [-0.2, -0.15) is 11.8 Å². The summed E-state index contributed by atoms with van der Waals surface area (Å²) >= 11 is 1.76. The van der Waals surface area contributed by atoms with Crippen LogP contribution in [0.25, 0.3) is 0 Å². The van der Waals surface area contributed by atoms with E-state index in [4.69, 9.17) is 0 Å². The molecule has 2 unspecified atom stereocenters. The fourth-order valence-electron chi connectivity index (χ4n) is 2.26. The third-order valence-corrected chi connectivity index (χ3v) is 4.87. The largest absolute Gasteiger partial charge is 0.480 e. The maximum atomic E-state index is 12.1. The minimum atomic E-state index is -1.06. The first kappa shape index (κ1) is 16.1. The number of carbonyl (C=O) groups is 2. The molecular weight excluding hydrogens is 264 g/mol. The second-order valence-electron chi connectivity index (χ2n) is 5.25. The number of rotatable bonds is 5. The van der Waals surface area contributed by atoms with Crippen molar-refractivity contribution in [3.8, 4) is 0 Å². The van der Waals surface area contributed by atoms with E-state index in [2.05, 4.69) is 12.2 Å². The van der Waals surface area contributed by atoms with Gasteiger partial charge in [0.15, 0.2) is 0 Å². The highest BCUT2D eigenvalue weighted by Gasteiger charge is 2.43. The summed E-state index contributed by atoms with van der Waals surface area (Å²) in [5, 5.41) is 12.7. The summed E-state index contributed by atoms with van der Waals surface area (Å²) in [4.78, 5) is 25.0. The van der Waals surface area contributed by atoms with Crippen LogP contribution in [-0.4, -0.2) is 52.1 Å². The predicted molar refractivity (Wildman–Crippen MR) is 77.6 cm³/mol. The Labute approximate surface area is 119 Å². The molecule has 110 valence electrons. The summed E-state index contributed by atoms with van der Waals surface area (Å²) in [7, 11) is 0. The zero-order valence-corrected chi connectivity index (χ0v) is 12.8. The molecule has 1 heterocycles. The highest BCUT2D eigenvalue weighted by Crippen LogP contribution is 2.28. The van der Waals surface area contributed by atoms with Gasteiger partial charge in [-0.05, 0) is 38.9 Å². The van der Waals surface area contributed by atoms with Gasteiger partial charge in [-0.1, -0.05) is 6.92 Å². The molecule has 2 atom stereocenters. The van der Waals surface area contributed by atoms with Crippen molar-refractivity contribution in [3.63, 3.8) is 0 Å². The van der Waals surface area contributed by atoms with E-state index in [9.17, 15) is 14.7 Å². The number of thioether (sulfide) groups is 1. The summed E-state index contributed by atoms with van der Waals surface area (Å²) in [5.74, 6) is -0.917. The second kappa shape index (κ2) is 7.03. The van der Waals surface area contributed by atoms with Crippen molar-refractivity contribution in [2.24, 2.45) is 0 Å². The summed E-state index contributed by atoms with van der Waals surface area (Å²) in [6.07, 6.45) is 5.19. The number of hydrogen-bond acceptors (Lipinski definition) is 3. The van der Waals surface area contributed by atoms with Gasteiger partial charge in [-0.25, -0.2) is 9.59 Å². The summed E-state index contributed by atoms with van der Waals surface area (Å²) in [5.41, 5.74) is -1.06. The molecular formula is C13H24N2O3S. The Morgan fingerprint density at radius 1 is 1.47 bits per heavy atom. The monoisotopic (exact) mass is 288 g/mol. The molecule has 0 aromatic heterocycles. The van der Waals surface area contributed by atoms with E-state index < -0.39 is 11.5 Å². The molecule has 0 aromatic carbocycles. The second-order valence-corrected chi connectivity index (χ2v) is 6.53.